The molecule has 2 rings (SSSR count). The van der Waals surface area contributed by atoms with Gasteiger partial charge in [-0.15, -0.1) is 0 Å². The summed E-state index contributed by atoms with van der Waals surface area (Å²) >= 11 is 0. The lowest BCUT2D eigenvalue weighted by Crippen LogP contribution is -2.26. The van der Waals surface area contributed by atoms with E-state index in [4.69, 9.17) is 4.74 Å². The number of aromatic hydroxyl groups is 1. The van der Waals surface area contributed by atoms with E-state index in [1.807, 2.05) is 30.3 Å². The summed E-state index contributed by atoms with van der Waals surface area (Å²) in [6.07, 6.45) is 0. The van der Waals surface area contributed by atoms with Crippen LogP contribution in [0.1, 0.15) is 12.5 Å². The number of amides is 1. The van der Waals surface area contributed by atoms with Gasteiger partial charge in [0.1, 0.15) is 11.5 Å². The molecule has 3 N–H and O–H groups in total. The van der Waals surface area contributed by atoms with Gasteiger partial charge in [-0.3, -0.25) is 4.79 Å². The average Bonchev–Trinajstić information content (AvgIpc) is 2.58. The molecule has 0 aromatic heterocycles. The summed E-state index contributed by atoms with van der Waals surface area (Å²) in [7, 11) is 1.52. The topological polar surface area (TPSA) is 83.0 Å². The van der Waals surface area contributed by atoms with Crippen molar-refractivity contribution in [3.8, 4) is 11.5 Å². The Morgan fingerprint density at radius 1 is 1.22 bits per heavy atom. The number of phenols is 1. The van der Waals surface area contributed by atoms with E-state index in [1.54, 1.807) is 19.1 Å². The fourth-order valence-electron chi connectivity index (χ4n) is 1.93. The average molecular weight is 313 g/mol. The largest absolute Gasteiger partial charge is 0.507 e. The minimum absolute atomic E-state index is 0.0438. The zero-order valence-electron chi connectivity index (χ0n) is 13.0. The monoisotopic (exact) mass is 313 g/mol. The number of para-hydroxylation sites is 1. The van der Waals surface area contributed by atoms with E-state index < -0.39 is 0 Å². The van der Waals surface area contributed by atoms with Crippen LogP contribution in [0.3, 0.4) is 0 Å². The predicted molar refractivity (Wildman–Crippen MR) is 89.9 cm³/mol. The van der Waals surface area contributed by atoms with Crippen molar-refractivity contribution in [2.75, 3.05) is 19.0 Å². The standard InChI is InChI=1S/C17H19N3O3/c1-12(15-9-8-14(23-2)10-16(15)21)19-20-17(22)11-18-13-6-4-3-5-7-13/h3-10,18,21H,11H2,1-2H3,(H,20,22). The fraction of sp³-hybridized carbons (Fsp3) is 0.176. The van der Waals surface area contributed by atoms with Gasteiger partial charge < -0.3 is 15.2 Å². The minimum Gasteiger partial charge on any atom is -0.507 e. The molecule has 0 aliphatic heterocycles. The zero-order chi connectivity index (χ0) is 16.7. The molecule has 0 unspecified atom stereocenters. The Hall–Kier alpha value is -3.02. The van der Waals surface area contributed by atoms with E-state index in [0.29, 0.717) is 17.0 Å². The molecule has 0 bridgehead atoms. The van der Waals surface area contributed by atoms with Crippen molar-refractivity contribution in [1.29, 1.82) is 0 Å². The molecule has 23 heavy (non-hydrogen) atoms. The van der Waals surface area contributed by atoms with E-state index in [1.165, 1.54) is 13.2 Å². The van der Waals surface area contributed by atoms with Gasteiger partial charge >= 0.3 is 0 Å². The van der Waals surface area contributed by atoms with E-state index in [9.17, 15) is 9.90 Å². The van der Waals surface area contributed by atoms with E-state index >= 15 is 0 Å². The number of carbonyl (C=O) groups is 1. The first-order valence-corrected chi connectivity index (χ1v) is 7.09. The maximum absolute atomic E-state index is 11.8. The van der Waals surface area contributed by atoms with Gasteiger partial charge in [-0.2, -0.15) is 5.10 Å². The second-order valence-corrected chi connectivity index (χ2v) is 4.83. The number of hydrogen-bond acceptors (Lipinski definition) is 5. The number of rotatable bonds is 6. The minimum atomic E-state index is -0.277. The van der Waals surface area contributed by atoms with E-state index in [-0.39, 0.29) is 18.2 Å². The number of phenolic OH excluding ortho intramolecular Hbond substituents is 1. The van der Waals surface area contributed by atoms with E-state index in [2.05, 4.69) is 15.8 Å². The Bertz CT molecular complexity index is 699. The first-order chi connectivity index (χ1) is 11.1. The van der Waals surface area contributed by atoms with Crippen molar-refractivity contribution in [3.63, 3.8) is 0 Å². The van der Waals surface area contributed by atoms with Crippen LogP contribution in [0.5, 0.6) is 11.5 Å². The van der Waals surface area contributed by atoms with Crippen LogP contribution < -0.4 is 15.5 Å². The predicted octanol–water partition coefficient (Wildman–Crippen LogP) is 2.35. The molecule has 120 valence electrons. The molecule has 1 amide bonds. The Kier molecular flexibility index (Phi) is 5.57. The number of anilines is 1. The molecular weight excluding hydrogens is 294 g/mol. The molecule has 2 aromatic carbocycles. The fourth-order valence-corrected chi connectivity index (χ4v) is 1.93. The molecule has 6 heteroatoms. The molecule has 0 fully saturated rings. The summed E-state index contributed by atoms with van der Waals surface area (Å²) in [5.41, 5.74) is 4.34. The number of nitrogens with zero attached hydrogens (tertiary/aromatic N) is 1. The highest BCUT2D eigenvalue weighted by molar-refractivity contribution is 6.01. The van der Waals surface area contributed by atoms with Gasteiger partial charge in [-0.1, -0.05) is 18.2 Å². The summed E-state index contributed by atoms with van der Waals surface area (Å²) in [4.78, 5) is 11.8. The lowest BCUT2D eigenvalue weighted by atomic mass is 10.1. The number of hydrazone groups is 1. The zero-order valence-corrected chi connectivity index (χ0v) is 13.0. The van der Waals surface area contributed by atoms with Crippen LogP contribution in [0.2, 0.25) is 0 Å². The lowest BCUT2D eigenvalue weighted by Gasteiger charge is -2.08. The number of ether oxygens (including phenoxy) is 1. The van der Waals surface area contributed by atoms with Gasteiger partial charge in [0.15, 0.2) is 0 Å². The highest BCUT2D eigenvalue weighted by Crippen LogP contribution is 2.23. The van der Waals surface area contributed by atoms with Gasteiger partial charge in [0, 0.05) is 17.3 Å². The normalized spacial score (nSPS) is 11.0. The summed E-state index contributed by atoms with van der Waals surface area (Å²) in [5.74, 6) is 0.318. The number of methoxy groups -OCH3 is 1. The third-order valence-electron chi connectivity index (χ3n) is 3.17. The maximum Gasteiger partial charge on any atom is 0.259 e. The van der Waals surface area contributed by atoms with Crippen LogP contribution in [0.4, 0.5) is 5.69 Å². The van der Waals surface area contributed by atoms with Crippen LogP contribution in [-0.4, -0.2) is 30.4 Å². The SMILES string of the molecule is COc1ccc(C(C)=NNC(=O)CNc2ccccc2)c(O)c1. The molecule has 0 heterocycles. The van der Waals surface area contributed by atoms with Crippen LogP contribution in [0.25, 0.3) is 0 Å². The van der Waals surface area contributed by atoms with Crippen molar-refractivity contribution in [2.24, 2.45) is 5.10 Å². The van der Waals surface area contributed by atoms with Crippen molar-refractivity contribution < 1.29 is 14.6 Å². The molecule has 0 aliphatic carbocycles. The highest BCUT2D eigenvalue weighted by Gasteiger charge is 2.07. The lowest BCUT2D eigenvalue weighted by molar-refractivity contribution is -0.119. The Morgan fingerprint density at radius 3 is 2.61 bits per heavy atom. The third kappa shape index (κ3) is 4.74. The van der Waals surface area contributed by atoms with Gasteiger partial charge in [0.25, 0.3) is 5.91 Å². The molecule has 0 atom stereocenters. The van der Waals surface area contributed by atoms with Crippen molar-refractivity contribution in [1.82, 2.24) is 5.43 Å². The molecule has 6 nitrogen and oxygen atoms in total. The summed E-state index contributed by atoms with van der Waals surface area (Å²) in [6.45, 7) is 1.81. The smallest absolute Gasteiger partial charge is 0.259 e. The van der Waals surface area contributed by atoms with Gasteiger partial charge in [0.2, 0.25) is 0 Å². The Balaban J connectivity index is 1.92. The third-order valence-corrected chi connectivity index (χ3v) is 3.17. The van der Waals surface area contributed by atoms with E-state index in [0.717, 1.165) is 5.69 Å². The summed E-state index contributed by atoms with van der Waals surface area (Å²) < 4.78 is 5.02. The molecule has 0 saturated carbocycles. The van der Waals surface area contributed by atoms with Crippen LogP contribution in [0, 0.1) is 0 Å². The first kappa shape index (κ1) is 16.4. The molecule has 0 aliphatic rings. The van der Waals surface area contributed by atoms with Gasteiger partial charge in [-0.05, 0) is 31.2 Å². The van der Waals surface area contributed by atoms with Crippen molar-refractivity contribution in [2.45, 2.75) is 6.92 Å². The second kappa shape index (κ2) is 7.84. The number of benzene rings is 2. The molecule has 0 saturated heterocycles. The quantitative estimate of drug-likeness (QED) is 0.565. The van der Waals surface area contributed by atoms with Gasteiger partial charge in [-0.25, -0.2) is 5.43 Å². The van der Waals surface area contributed by atoms with Crippen molar-refractivity contribution >= 4 is 17.3 Å². The second-order valence-electron chi connectivity index (χ2n) is 4.83. The number of nitrogens with one attached hydrogen (secondary N) is 2. The maximum atomic E-state index is 11.8. The highest BCUT2D eigenvalue weighted by atomic mass is 16.5. The Morgan fingerprint density at radius 2 is 1.96 bits per heavy atom. The van der Waals surface area contributed by atoms with Crippen LogP contribution >= 0.6 is 0 Å². The molecule has 0 spiro atoms. The molecular formula is C17H19N3O3. The number of hydrogen-bond donors (Lipinski definition) is 3. The number of carbonyl (C=O) groups excluding carboxylic acids is 1. The molecule has 2 aromatic rings. The van der Waals surface area contributed by atoms with Crippen LogP contribution in [0.15, 0.2) is 53.6 Å². The van der Waals surface area contributed by atoms with Gasteiger partial charge in [0.05, 0.1) is 19.4 Å². The summed E-state index contributed by atoms with van der Waals surface area (Å²) in [5, 5.41) is 16.9. The first-order valence-electron chi connectivity index (χ1n) is 7.09. The van der Waals surface area contributed by atoms with Crippen molar-refractivity contribution in [3.05, 3.63) is 54.1 Å². The Labute approximate surface area is 134 Å². The molecule has 0 radical (unpaired) electrons. The van der Waals surface area contributed by atoms with Crippen LogP contribution in [-0.2, 0) is 4.79 Å². The summed E-state index contributed by atoms with van der Waals surface area (Å²) in [6, 6.07) is 14.3.